The molecule has 0 unspecified atom stereocenters. The van der Waals surface area contributed by atoms with Gasteiger partial charge in [0.2, 0.25) is 5.89 Å². The standard InChI is InChI=1S/C21H21ClN2O5/c1-14-12-16(22)7-10-18(14)27-11-3-4-20(25)28-13-19-23-24-21(29-19)15-5-8-17(26-2)9-6-15/h5-10,12H,3-4,11,13H2,1-2H3. The molecule has 0 saturated carbocycles. The zero-order chi connectivity index (χ0) is 20.6. The van der Waals surface area contributed by atoms with Crippen LogP contribution >= 0.6 is 11.6 Å². The van der Waals surface area contributed by atoms with Gasteiger partial charge < -0.3 is 18.6 Å². The fourth-order valence-electron chi connectivity index (χ4n) is 2.55. The van der Waals surface area contributed by atoms with E-state index in [0.29, 0.717) is 23.9 Å². The Labute approximate surface area is 173 Å². The highest BCUT2D eigenvalue weighted by Gasteiger charge is 2.11. The van der Waals surface area contributed by atoms with Crippen molar-refractivity contribution in [1.82, 2.24) is 10.2 Å². The van der Waals surface area contributed by atoms with Gasteiger partial charge in [0, 0.05) is 17.0 Å². The molecule has 0 aliphatic heterocycles. The number of nitrogens with zero attached hydrogens (tertiary/aromatic N) is 2. The Bertz CT molecular complexity index is 956. The number of aryl methyl sites for hydroxylation is 1. The van der Waals surface area contributed by atoms with Crippen molar-refractivity contribution in [1.29, 1.82) is 0 Å². The summed E-state index contributed by atoms with van der Waals surface area (Å²) in [5, 5.41) is 8.53. The number of ether oxygens (including phenoxy) is 3. The third-order valence-electron chi connectivity index (χ3n) is 4.08. The average Bonchev–Trinajstić information content (AvgIpc) is 3.20. The van der Waals surface area contributed by atoms with E-state index in [9.17, 15) is 4.79 Å². The smallest absolute Gasteiger partial charge is 0.306 e. The molecule has 0 spiro atoms. The lowest BCUT2D eigenvalue weighted by molar-refractivity contribution is -0.145. The number of carbonyl (C=O) groups is 1. The molecular formula is C21H21ClN2O5. The molecule has 0 amide bonds. The largest absolute Gasteiger partial charge is 0.497 e. The van der Waals surface area contributed by atoms with Crippen LogP contribution in [0.5, 0.6) is 11.5 Å². The zero-order valence-electron chi connectivity index (χ0n) is 16.2. The van der Waals surface area contributed by atoms with Gasteiger partial charge in [-0.05, 0) is 61.4 Å². The number of hydrogen-bond acceptors (Lipinski definition) is 7. The van der Waals surface area contributed by atoms with Gasteiger partial charge in [-0.25, -0.2) is 0 Å². The number of halogens is 1. The fraction of sp³-hybridized carbons (Fsp3) is 0.286. The topological polar surface area (TPSA) is 83.7 Å². The molecule has 29 heavy (non-hydrogen) atoms. The summed E-state index contributed by atoms with van der Waals surface area (Å²) in [7, 11) is 1.60. The minimum atomic E-state index is -0.356. The van der Waals surface area contributed by atoms with E-state index in [1.807, 2.05) is 31.2 Å². The second-order valence-corrected chi connectivity index (χ2v) is 6.69. The quantitative estimate of drug-likeness (QED) is 0.372. The molecule has 0 aliphatic carbocycles. The summed E-state index contributed by atoms with van der Waals surface area (Å²) in [6, 6.07) is 12.6. The molecule has 3 aromatic rings. The molecule has 0 atom stereocenters. The van der Waals surface area contributed by atoms with E-state index >= 15 is 0 Å². The predicted molar refractivity (Wildman–Crippen MR) is 107 cm³/mol. The van der Waals surface area contributed by atoms with E-state index in [4.69, 9.17) is 30.2 Å². The molecule has 0 aliphatic rings. The number of methoxy groups -OCH3 is 1. The lowest BCUT2D eigenvalue weighted by Gasteiger charge is -2.09. The highest BCUT2D eigenvalue weighted by molar-refractivity contribution is 6.30. The molecule has 0 saturated heterocycles. The number of esters is 1. The van der Waals surface area contributed by atoms with Crippen LogP contribution < -0.4 is 9.47 Å². The van der Waals surface area contributed by atoms with Gasteiger partial charge in [-0.15, -0.1) is 10.2 Å². The van der Waals surface area contributed by atoms with Crippen LogP contribution in [0.4, 0.5) is 0 Å². The minimum Gasteiger partial charge on any atom is -0.497 e. The van der Waals surface area contributed by atoms with Gasteiger partial charge in [0.15, 0.2) is 6.61 Å². The molecule has 7 nitrogen and oxygen atoms in total. The normalized spacial score (nSPS) is 10.6. The van der Waals surface area contributed by atoms with E-state index in [1.54, 1.807) is 25.3 Å². The second kappa shape index (κ2) is 9.93. The van der Waals surface area contributed by atoms with Crippen LogP contribution in [0.15, 0.2) is 46.9 Å². The monoisotopic (exact) mass is 416 g/mol. The zero-order valence-corrected chi connectivity index (χ0v) is 16.9. The van der Waals surface area contributed by atoms with Crippen molar-refractivity contribution in [2.45, 2.75) is 26.4 Å². The third-order valence-corrected chi connectivity index (χ3v) is 4.32. The summed E-state index contributed by atoms with van der Waals surface area (Å²) in [5.74, 6) is 1.71. The molecule has 152 valence electrons. The summed E-state index contributed by atoms with van der Waals surface area (Å²) in [6.07, 6.45) is 0.758. The van der Waals surface area contributed by atoms with Crippen LogP contribution in [-0.4, -0.2) is 29.9 Å². The van der Waals surface area contributed by atoms with E-state index in [0.717, 1.165) is 22.6 Å². The number of carbonyl (C=O) groups excluding carboxylic acids is 1. The van der Waals surface area contributed by atoms with Gasteiger partial charge in [-0.2, -0.15) is 0 Å². The van der Waals surface area contributed by atoms with Gasteiger partial charge in [-0.3, -0.25) is 4.79 Å². The van der Waals surface area contributed by atoms with E-state index in [2.05, 4.69) is 10.2 Å². The Kier molecular flexibility index (Phi) is 7.08. The van der Waals surface area contributed by atoms with Crippen LogP contribution in [0, 0.1) is 6.92 Å². The van der Waals surface area contributed by atoms with Gasteiger partial charge in [0.25, 0.3) is 5.89 Å². The lowest BCUT2D eigenvalue weighted by Crippen LogP contribution is -2.07. The number of rotatable bonds is 9. The molecule has 1 heterocycles. The van der Waals surface area contributed by atoms with Crippen LogP contribution in [0.1, 0.15) is 24.3 Å². The molecule has 0 bridgehead atoms. The van der Waals surface area contributed by atoms with Crippen LogP contribution in [-0.2, 0) is 16.1 Å². The SMILES string of the molecule is COc1ccc(-c2nnc(COC(=O)CCCOc3ccc(Cl)cc3C)o2)cc1. The first kappa shape index (κ1) is 20.7. The van der Waals surface area contributed by atoms with Crippen molar-refractivity contribution in [3.8, 4) is 23.0 Å². The molecular weight excluding hydrogens is 396 g/mol. The van der Waals surface area contributed by atoms with Crippen molar-refractivity contribution in [2.24, 2.45) is 0 Å². The second-order valence-electron chi connectivity index (χ2n) is 6.25. The summed E-state index contributed by atoms with van der Waals surface area (Å²) < 4.78 is 21.5. The maximum Gasteiger partial charge on any atom is 0.306 e. The molecule has 8 heteroatoms. The predicted octanol–water partition coefficient (Wildman–Crippen LogP) is 4.61. The van der Waals surface area contributed by atoms with Crippen LogP contribution in [0.2, 0.25) is 5.02 Å². The van der Waals surface area contributed by atoms with Crippen LogP contribution in [0.25, 0.3) is 11.5 Å². The van der Waals surface area contributed by atoms with Crippen LogP contribution in [0.3, 0.4) is 0 Å². The van der Waals surface area contributed by atoms with E-state index < -0.39 is 0 Å². The highest BCUT2D eigenvalue weighted by atomic mass is 35.5. The first-order valence-electron chi connectivity index (χ1n) is 9.06. The summed E-state index contributed by atoms with van der Waals surface area (Å²) in [5.41, 5.74) is 1.70. The Morgan fingerprint density at radius 1 is 1.14 bits per heavy atom. The maximum absolute atomic E-state index is 11.9. The Balaban J connectivity index is 1.39. The van der Waals surface area contributed by atoms with Crippen molar-refractivity contribution in [3.05, 3.63) is 58.9 Å². The number of hydrogen-bond donors (Lipinski definition) is 0. The Morgan fingerprint density at radius 2 is 1.93 bits per heavy atom. The number of aromatic nitrogens is 2. The number of benzene rings is 2. The molecule has 0 fully saturated rings. The lowest BCUT2D eigenvalue weighted by atomic mass is 10.2. The highest BCUT2D eigenvalue weighted by Crippen LogP contribution is 2.22. The van der Waals surface area contributed by atoms with Gasteiger partial charge >= 0.3 is 5.97 Å². The minimum absolute atomic E-state index is 0.0703. The average molecular weight is 417 g/mol. The third kappa shape index (κ3) is 5.96. The van der Waals surface area contributed by atoms with Gasteiger partial charge in [0.1, 0.15) is 11.5 Å². The summed E-state index contributed by atoms with van der Waals surface area (Å²) in [4.78, 5) is 11.9. The molecule has 0 radical (unpaired) electrons. The van der Waals surface area contributed by atoms with E-state index in [-0.39, 0.29) is 24.9 Å². The Hall–Kier alpha value is -3.06. The molecule has 2 aromatic carbocycles. The first-order chi connectivity index (χ1) is 14.0. The van der Waals surface area contributed by atoms with Crippen molar-refractivity contribution < 1.29 is 23.4 Å². The molecule has 0 N–H and O–H groups in total. The van der Waals surface area contributed by atoms with E-state index in [1.165, 1.54) is 0 Å². The molecule has 3 rings (SSSR count). The summed E-state index contributed by atoms with van der Waals surface area (Å²) >= 11 is 5.91. The fourth-order valence-corrected chi connectivity index (χ4v) is 2.78. The molecule has 1 aromatic heterocycles. The van der Waals surface area contributed by atoms with Crippen molar-refractivity contribution >= 4 is 17.6 Å². The Morgan fingerprint density at radius 3 is 2.66 bits per heavy atom. The van der Waals surface area contributed by atoms with Crippen molar-refractivity contribution in [3.63, 3.8) is 0 Å². The first-order valence-corrected chi connectivity index (χ1v) is 9.44. The maximum atomic E-state index is 11.9. The van der Waals surface area contributed by atoms with Crippen molar-refractivity contribution in [2.75, 3.05) is 13.7 Å². The van der Waals surface area contributed by atoms with Gasteiger partial charge in [0.05, 0.1) is 13.7 Å². The van der Waals surface area contributed by atoms with Gasteiger partial charge in [-0.1, -0.05) is 11.6 Å². The summed E-state index contributed by atoms with van der Waals surface area (Å²) in [6.45, 7) is 2.25.